The molecule has 9 heteroatoms. The number of amides is 1. The maximum Gasteiger partial charge on any atom is 0.410 e. The third-order valence-electron chi connectivity index (χ3n) is 12.5. The first-order chi connectivity index (χ1) is 20.4. The van der Waals surface area contributed by atoms with E-state index in [9.17, 15) is 14.7 Å². The molecular weight excluding hydrogens is 548 g/mol. The number of aromatic nitrogens is 1. The molecule has 1 aromatic carbocycles. The van der Waals surface area contributed by atoms with Crippen molar-refractivity contribution in [1.82, 2.24) is 9.88 Å². The summed E-state index contributed by atoms with van der Waals surface area (Å²) in [6, 6.07) is 8.28. The molecule has 3 aliphatic carbocycles. The van der Waals surface area contributed by atoms with E-state index in [1.165, 1.54) is 10.9 Å². The summed E-state index contributed by atoms with van der Waals surface area (Å²) in [4.78, 5) is 33.0. The van der Waals surface area contributed by atoms with Gasteiger partial charge >= 0.3 is 6.09 Å². The van der Waals surface area contributed by atoms with E-state index in [1.807, 2.05) is 19.9 Å². The Labute approximate surface area is 251 Å². The molecular formula is C34H42N2O7. The van der Waals surface area contributed by atoms with E-state index >= 15 is 0 Å². The standard InChI is InChI=1S/C34H42N2O7/c1-30(2)28-24(37)17-25-33(42-28,43-30)13-12-31(3)32(4)19(15-22-21-10-6-7-11-23(21)35-27(22)32)16-26(34(25,31)39)41-29(38)36-14-8-9-20(36)18-40-5/h6-7,10-11,17,19-20,26,28,35,39H,8-9,12-16,18H2,1-5H3/t19-,20+,26+,28+,31-,32-,33+,34+/m1/s1. The van der Waals surface area contributed by atoms with Gasteiger partial charge in [-0.05, 0) is 69.6 Å². The fourth-order valence-electron chi connectivity index (χ4n) is 10.2. The van der Waals surface area contributed by atoms with Crippen LogP contribution in [0.1, 0.15) is 71.1 Å². The van der Waals surface area contributed by atoms with Crippen molar-refractivity contribution in [3.8, 4) is 0 Å². The number of nitrogens with one attached hydrogen (secondary N) is 1. The summed E-state index contributed by atoms with van der Waals surface area (Å²) in [5, 5.41) is 14.7. The van der Waals surface area contributed by atoms with E-state index in [0.717, 1.165) is 30.5 Å². The van der Waals surface area contributed by atoms with Crippen LogP contribution in [0, 0.1) is 11.3 Å². The highest BCUT2D eigenvalue weighted by Gasteiger charge is 2.78. The lowest BCUT2D eigenvalue weighted by Gasteiger charge is -2.67. The van der Waals surface area contributed by atoms with Gasteiger partial charge in [0.2, 0.25) is 0 Å². The minimum absolute atomic E-state index is 0.0683. The molecule has 2 N–H and O–H groups in total. The summed E-state index contributed by atoms with van der Waals surface area (Å²) in [6.07, 6.45) is 3.51. The fraction of sp³-hybridized carbons (Fsp3) is 0.647. The predicted molar refractivity (Wildman–Crippen MR) is 157 cm³/mol. The summed E-state index contributed by atoms with van der Waals surface area (Å²) in [7, 11) is 1.64. The zero-order valence-corrected chi connectivity index (χ0v) is 25.7. The van der Waals surface area contributed by atoms with Gasteiger partial charge in [0.1, 0.15) is 17.3 Å². The lowest BCUT2D eigenvalue weighted by molar-refractivity contribution is -0.274. The summed E-state index contributed by atoms with van der Waals surface area (Å²) >= 11 is 0. The third-order valence-corrected chi connectivity index (χ3v) is 12.5. The smallest absolute Gasteiger partial charge is 0.410 e. The quantitative estimate of drug-likeness (QED) is 0.540. The monoisotopic (exact) mass is 590 g/mol. The number of ether oxygens (including phenoxy) is 4. The molecule has 9 nitrogen and oxygen atoms in total. The average Bonchev–Trinajstić information content (AvgIpc) is 3.70. The maximum atomic E-state index is 13.9. The van der Waals surface area contributed by atoms with Gasteiger partial charge in [0.05, 0.1) is 12.6 Å². The molecule has 4 fully saturated rings. The second-order valence-electron chi connectivity index (χ2n) is 14.7. The first-order valence-electron chi connectivity index (χ1n) is 15.8. The Morgan fingerprint density at radius 3 is 2.77 bits per heavy atom. The number of nitrogens with zero attached hydrogens (tertiary/aromatic N) is 1. The number of methoxy groups -OCH3 is 1. The number of ketones is 1. The highest BCUT2D eigenvalue weighted by molar-refractivity contribution is 5.97. The van der Waals surface area contributed by atoms with E-state index in [1.54, 1.807) is 18.1 Å². The van der Waals surface area contributed by atoms with Gasteiger partial charge in [-0.2, -0.15) is 0 Å². The Bertz CT molecular complexity index is 1580. The number of carbonyl (C=O) groups is 2. The first kappa shape index (κ1) is 27.8. The minimum Gasteiger partial charge on any atom is -0.443 e. The normalized spacial score (nSPS) is 42.3. The molecule has 2 bridgehead atoms. The molecule has 2 saturated heterocycles. The van der Waals surface area contributed by atoms with Crippen LogP contribution in [0.4, 0.5) is 4.79 Å². The SMILES string of the molecule is COC[C@@H]1CCCN1C(=O)O[C@H]1C[C@H]2Cc3c([nH]c4ccccc34)[C@]2(C)[C@@]2(C)CC[C@@]34O[C@@H](C(=O)C=C3[C@]12O)C(C)(C)O4. The van der Waals surface area contributed by atoms with Gasteiger partial charge in [0.25, 0.3) is 0 Å². The van der Waals surface area contributed by atoms with E-state index in [2.05, 4.69) is 37.0 Å². The topological polar surface area (TPSA) is 110 Å². The Morgan fingerprint density at radius 1 is 1.19 bits per heavy atom. The number of hydrogen-bond acceptors (Lipinski definition) is 7. The van der Waals surface area contributed by atoms with E-state index < -0.39 is 46.1 Å². The summed E-state index contributed by atoms with van der Waals surface area (Å²) in [6.45, 7) is 9.13. The van der Waals surface area contributed by atoms with Gasteiger partial charge in [0.15, 0.2) is 17.7 Å². The number of H-pyrrole nitrogens is 1. The number of aliphatic hydroxyl groups is 1. The molecule has 1 spiro atoms. The number of hydrogen-bond donors (Lipinski definition) is 2. The minimum atomic E-state index is -1.72. The second kappa shape index (κ2) is 8.71. The van der Waals surface area contributed by atoms with Crippen molar-refractivity contribution in [1.29, 1.82) is 0 Å². The summed E-state index contributed by atoms with van der Waals surface area (Å²) < 4.78 is 24.9. The van der Waals surface area contributed by atoms with Crippen LogP contribution < -0.4 is 0 Å². The molecule has 3 aliphatic heterocycles. The average molecular weight is 591 g/mol. The van der Waals surface area contributed by atoms with Crippen molar-refractivity contribution in [2.45, 2.75) is 107 Å². The highest BCUT2D eigenvalue weighted by Crippen LogP contribution is 2.72. The van der Waals surface area contributed by atoms with Crippen LogP contribution in [0.5, 0.6) is 0 Å². The molecule has 4 heterocycles. The van der Waals surface area contributed by atoms with Gasteiger partial charge in [-0.25, -0.2) is 4.79 Å². The molecule has 0 radical (unpaired) electrons. The van der Waals surface area contributed by atoms with Gasteiger partial charge in [0, 0.05) is 53.1 Å². The van der Waals surface area contributed by atoms with Crippen LogP contribution in [-0.4, -0.2) is 82.4 Å². The zero-order chi connectivity index (χ0) is 30.2. The third kappa shape index (κ3) is 3.27. The fourth-order valence-corrected chi connectivity index (χ4v) is 10.2. The highest BCUT2D eigenvalue weighted by atomic mass is 16.8. The molecule has 1 aromatic heterocycles. The lowest BCUT2D eigenvalue weighted by atomic mass is 9.41. The van der Waals surface area contributed by atoms with Crippen molar-refractivity contribution < 1.29 is 33.6 Å². The van der Waals surface area contributed by atoms with E-state index in [-0.39, 0.29) is 17.7 Å². The summed E-state index contributed by atoms with van der Waals surface area (Å²) in [5.74, 6) is -1.36. The van der Waals surface area contributed by atoms with Crippen LogP contribution in [0.15, 0.2) is 35.9 Å². The lowest BCUT2D eigenvalue weighted by Crippen LogP contribution is -2.75. The number of benzene rings is 1. The predicted octanol–water partition coefficient (Wildman–Crippen LogP) is 4.55. The first-order valence-corrected chi connectivity index (χ1v) is 15.8. The molecule has 8 rings (SSSR count). The van der Waals surface area contributed by atoms with Gasteiger partial charge in [-0.1, -0.05) is 32.0 Å². The van der Waals surface area contributed by atoms with Crippen molar-refractivity contribution in [2.24, 2.45) is 11.3 Å². The van der Waals surface area contributed by atoms with Crippen LogP contribution >= 0.6 is 0 Å². The Balaban J connectivity index is 1.28. The van der Waals surface area contributed by atoms with Gasteiger partial charge < -0.3 is 33.9 Å². The number of rotatable bonds is 3. The largest absolute Gasteiger partial charge is 0.443 e. The molecule has 230 valence electrons. The molecule has 1 amide bonds. The Morgan fingerprint density at radius 2 is 1.98 bits per heavy atom. The van der Waals surface area contributed by atoms with Crippen LogP contribution in [-0.2, 0) is 35.6 Å². The number of aromatic amines is 1. The van der Waals surface area contributed by atoms with Crippen LogP contribution in [0.25, 0.3) is 10.9 Å². The van der Waals surface area contributed by atoms with Gasteiger partial charge in [-0.3, -0.25) is 4.79 Å². The molecule has 0 unspecified atom stereocenters. The van der Waals surface area contributed by atoms with Crippen molar-refractivity contribution in [3.63, 3.8) is 0 Å². The number of fused-ring (bicyclic) bond motifs is 9. The molecule has 6 aliphatic rings. The second-order valence-corrected chi connectivity index (χ2v) is 14.7. The van der Waals surface area contributed by atoms with E-state index in [0.29, 0.717) is 38.0 Å². The van der Waals surface area contributed by atoms with Crippen LogP contribution in [0.3, 0.4) is 0 Å². The zero-order valence-electron chi connectivity index (χ0n) is 25.7. The Hall–Kier alpha value is -2.72. The van der Waals surface area contributed by atoms with Crippen molar-refractivity contribution >= 4 is 22.8 Å². The number of carbonyl (C=O) groups excluding carboxylic acids is 2. The van der Waals surface area contributed by atoms with E-state index in [4.69, 9.17) is 18.9 Å². The summed E-state index contributed by atoms with van der Waals surface area (Å²) in [5.41, 5.74) is -0.00999. The molecule has 2 aromatic rings. The Kier molecular flexibility index (Phi) is 5.63. The molecule has 8 atom stereocenters. The molecule has 2 saturated carbocycles. The van der Waals surface area contributed by atoms with Crippen LogP contribution in [0.2, 0.25) is 0 Å². The van der Waals surface area contributed by atoms with Gasteiger partial charge in [-0.15, -0.1) is 0 Å². The van der Waals surface area contributed by atoms with Crippen molar-refractivity contribution in [2.75, 3.05) is 20.3 Å². The number of para-hydroxylation sites is 1. The van der Waals surface area contributed by atoms with Crippen molar-refractivity contribution in [3.05, 3.63) is 47.2 Å². The molecule has 43 heavy (non-hydrogen) atoms. The maximum absolute atomic E-state index is 13.9. The number of likely N-dealkylation sites (tertiary alicyclic amines) is 1.